The summed E-state index contributed by atoms with van der Waals surface area (Å²) >= 11 is 3.57. The first-order chi connectivity index (χ1) is 14.5. The Balaban J connectivity index is 2.01. The van der Waals surface area contributed by atoms with Crippen LogP contribution in [0.15, 0.2) is 71.2 Å². The lowest BCUT2D eigenvalue weighted by Crippen LogP contribution is -2.15. The Morgan fingerprint density at radius 1 is 0.967 bits per heavy atom. The van der Waals surface area contributed by atoms with Gasteiger partial charge < -0.3 is 18.9 Å². The van der Waals surface area contributed by atoms with Gasteiger partial charge in [0.2, 0.25) is 0 Å². The van der Waals surface area contributed by atoms with Crippen LogP contribution in [0, 0.1) is 6.92 Å². The molecule has 5 nitrogen and oxygen atoms in total. The number of rotatable bonds is 8. The first-order valence-electron chi connectivity index (χ1n) is 9.37. The number of methoxy groups -OCH3 is 2. The molecule has 0 aliphatic carbocycles. The molecule has 6 heteroatoms. The molecule has 0 fully saturated rings. The van der Waals surface area contributed by atoms with Gasteiger partial charge >= 0.3 is 5.97 Å². The number of hydrogen-bond acceptors (Lipinski definition) is 5. The highest BCUT2D eigenvalue weighted by Gasteiger charge is 2.26. The Bertz CT molecular complexity index is 985. The van der Waals surface area contributed by atoms with E-state index in [9.17, 15) is 4.79 Å². The van der Waals surface area contributed by atoms with E-state index < -0.39 is 12.3 Å². The average Bonchev–Trinajstić information content (AvgIpc) is 2.77. The van der Waals surface area contributed by atoms with E-state index in [2.05, 4.69) is 15.9 Å². The molecule has 0 spiro atoms. The van der Waals surface area contributed by atoms with Crippen molar-refractivity contribution in [1.29, 1.82) is 0 Å². The molecule has 0 aromatic heterocycles. The van der Waals surface area contributed by atoms with Crippen molar-refractivity contribution in [2.45, 2.75) is 19.8 Å². The van der Waals surface area contributed by atoms with Crippen LogP contribution in [0.1, 0.15) is 33.3 Å². The zero-order valence-electron chi connectivity index (χ0n) is 17.1. The van der Waals surface area contributed by atoms with Crippen LogP contribution in [0.2, 0.25) is 0 Å². The van der Waals surface area contributed by atoms with E-state index in [4.69, 9.17) is 18.9 Å². The minimum Gasteiger partial charge on any atom is -0.488 e. The number of ether oxygens (including phenoxy) is 4. The van der Waals surface area contributed by atoms with E-state index in [1.807, 2.05) is 55.5 Å². The van der Waals surface area contributed by atoms with Gasteiger partial charge in [-0.2, -0.15) is 0 Å². The maximum Gasteiger partial charge on any atom is 0.347 e. The van der Waals surface area contributed by atoms with E-state index in [0.29, 0.717) is 33.7 Å². The SMILES string of the molecule is COC(OC)c1cc(OCc2ccccc2)c(C(=O)Oc2ccccc2)c(C)c1Br. The highest BCUT2D eigenvalue weighted by Crippen LogP contribution is 2.37. The zero-order valence-corrected chi connectivity index (χ0v) is 18.6. The monoisotopic (exact) mass is 470 g/mol. The van der Waals surface area contributed by atoms with Crippen molar-refractivity contribution in [2.75, 3.05) is 14.2 Å². The summed E-state index contributed by atoms with van der Waals surface area (Å²) in [4.78, 5) is 13.1. The summed E-state index contributed by atoms with van der Waals surface area (Å²) in [7, 11) is 3.11. The molecule has 3 rings (SSSR count). The Labute approximate surface area is 184 Å². The van der Waals surface area contributed by atoms with Crippen molar-refractivity contribution in [3.05, 3.63) is 93.5 Å². The van der Waals surface area contributed by atoms with Crippen molar-refractivity contribution in [3.8, 4) is 11.5 Å². The highest BCUT2D eigenvalue weighted by molar-refractivity contribution is 9.10. The number of benzene rings is 3. The molecule has 0 aliphatic rings. The zero-order chi connectivity index (χ0) is 21.5. The number of esters is 1. The maximum absolute atomic E-state index is 13.1. The normalized spacial score (nSPS) is 10.8. The first kappa shape index (κ1) is 22.0. The smallest absolute Gasteiger partial charge is 0.347 e. The molecule has 0 N–H and O–H groups in total. The van der Waals surface area contributed by atoms with Gasteiger partial charge in [0.1, 0.15) is 23.7 Å². The number of para-hydroxylation sites is 1. The van der Waals surface area contributed by atoms with Crippen LogP contribution in [0.5, 0.6) is 11.5 Å². The summed E-state index contributed by atoms with van der Waals surface area (Å²) in [6.07, 6.45) is -0.614. The molecule has 0 aliphatic heterocycles. The highest BCUT2D eigenvalue weighted by atomic mass is 79.9. The third-order valence-electron chi connectivity index (χ3n) is 4.57. The van der Waals surface area contributed by atoms with E-state index in [1.54, 1.807) is 32.4 Å². The second-order valence-corrected chi connectivity index (χ2v) is 7.35. The van der Waals surface area contributed by atoms with Gasteiger partial charge in [-0.1, -0.05) is 64.5 Å². The van der Waals surface area contributed by atoms with Gasteiger partial charge in [0.15, 0.2) is 6.29 Å². The lowest BCUT2D eigenvalue weighted by molar-refractivity contribution is -0.106. The van der Waals surface area contributed by atoms with E-state index in [1.165, 1.54) is 0 Å². The van der Waals surface area contributed by atoms with Crippen molar-refractivity contribution < 1.29 is 23.7 Å². The van der Waals surface area contributed by atoms with Crippen LogP contribution in [0.25, 0.3) is 0 Å². The minimum absolute atomic E-state index is 0.303. The van der Waals surface area contributed by atoms with Gasteiger partial charge in [-0.15, -0.1) is 0 Å². The van der Waals surface area contributed by atoms with Crippen LogP contribution in [-0.2, 0) is 16.1 Å². The van der Waals surface area contributed by atoms with Gasteiger partial charge in [0.25, 0.3) is 0 Å². The molecule has 156 valence electrons. The maximum atomic E-state index is 13.1. The predicted octanol–water partition coefficient (Wildman–Crippen LogP) is 5.85. The van der Waals surface area contributed by atoms with Gasteiger partial charge in [0.05, 0.1) is 0 Å². The number of carbonyl (C=O) groups excluding carboxylic acids is 1. The van der Waals surface area contributed by atoms with E-state index in [0.717, 1.165) is 11.1 Å². The molecule has 0 saturated carbocycles. The number of hydrogen-bond donors (Lipinski definition) is 0. The number of carbonyl (C=O) groups is 1. The quantitative estimate of drug-likeness (QED) is 0.235. The fraction of sp³-hybridized carbons (Fsp3) is 0.208. The molecule has 0 amide bonds. The average molecular weight is 471 g/mol. The molecular formula is C24H23BrO5. The summed E-state index contributed by atoms with van der Waals surface area (Å²) in [5, 5.41) is 0. The second-order valence-electron chi connectivity index (χ2n) is 6.56. The fourth-order valence-electron chi connectivity index (χ4n) is 3.06. The van der Waals surface area contributed by atoms with Crippen LogP contribution in [-0.4, -0.2) is 20.2 Å². The van der Waals surface area contributed by atoms with E-state index in [-0.39, 0.29) is 0 Å². The Morgan fingerprint density at radius 3 is 2.17 bits per heavy atom. The Hall–Kier alpha value is -2.67. The molecule has 0 radical (unpaired) electrons. The minimum atomic E-state index is -0.614. The van der Waals surface area contributed by atoms with Gasteiger partial charge in [-0.3, -0.25) is 0 Å². The van der Waals surface area contributed by atoms with Crippen molar-refractivity contribution >= 4 is 21.9 Å². The van der Waals surface area contributed by atoms with Crippen LogP contribution >= 0.6 is 15.9 Å². The Kier molecular flexibility index (Phi) is 7.63. The summed E-state index contributed by atoms with van der Waals surface area (Å²) in [6.45, 7) is 2.13. The number of halogens is 1. The summed E-state index contributed by atoms with van der Waals surface area (Å²) in [6, 6.07) is 20.4. The molecule has 0 saturated heterocycles. The molecule has 0 heterocycles. The molecule has 30 heavy (non-hydrogen) atoms. The first-order valence-corrected chi connectivity index (χ1v) is 10.2. The molecule has 0 atom stereocenters. The van der Waals surface area contributed by atoms with Crippen molar-refractivity contribution in [3.63, 3.8) is 0 Å². The predicted molar refractivity (Wildman–Crippen MR) is 118 cm³/mol. The van der Waals surface area contributed by atoms with Gasteiger partial charge in [0, 0.05) is 24.3 Å². The Morgan fingerprint density at radius 2 is 1.57 bits per heavy atom. The van der Waals surface area contributed by atoms with Crippen LogP contribution < -0.4 is 9.47 Å². The summed E-state index contributed by atoms with van der Waals surface area (Å²) < 4.78 is 23.2. The van der Waals surface area contributed by atoms with Crippen molar-refractivity contribution in [2.24, 2.45) is 0 Å². The third kappa shape index (κ3) is 5.08. The van der Waals surface area contributed by atoms with Crippen molar-refractivity contribution in [1.82, 2.24) is 0 Å². The summed E-state index contributed by atoms with van der Waals surface area (Å²) in [5.74, 6) is 0.359. The van der Waals surface area contributed by atoms with E-state index >= 15 is 0 Å². The van der Waals surface area contributed by atoms with Gasteiger partial charge in [-0.05, 0) is 36.2 Å². The third-order valence-corrected chi connectivity index (χ3v) is 5.62. The fourth-order valence-corrected chi connectivity index (χ4v) is 3.56. The van der Waals surface area contributed by atoms with Crippen LogP contribution in [0.4, 0.5) is 0 Å². The molecule has 0 bridgehead atoms. The lowest BCUT2D eigenvalue weighted by atomic mass is 10.0. The molecule has 0 unspecified atom stereocenters. The van der Waals surface area contributed by atoms with Crippen LogP contribution in [0.3, 0.4) is 0 Å². The topological polar surface area (TPSA) is 54.0 Å². The largest absolute Gasteiger partial charge is 0.488 e. The van der Waals surface area contributed by atoms with Gasteiger partial charge in [-0.25, -0.2) is 4.79 Å². The molecular weight excluding hydrogens is 448 g/mol. The second kappa shape index (κ2) is 10.4. The molecule has 3 aromatic rings. The summed E-state index contributed by atoms with van der Waals surface area (Å²) in [5.41, 5.74) is 2.72. The standard InChI is InChI=1S/C24H23BrO5/c1-16-21(23(26)30-18-12-8-5-9-13-18)20(29-15-17-10-6-4-7-11-17)14-19(22(16)25)24(27-2)28-3/h4-14,24H,15H2,1-3H3. The molecule has 3 aromatic carbocycles. The lowest BCUT2D eigenvalue weighted by Gasteiger charge is -2.21.